The van der Waals surface area contributed by atoms with E-state index in [0.29, 0.717) is 13.0 Å². The van der Waals surface area contributed by atoms with Crippen molar-refractivity contribution < 1.29 is 14.7 Å². The van der Waals surface area contributed by atoms with Crippen molar-refractivity contribution in [2.75, 3.05) is 6.54 Å². The van der Waals surface area contributed by atoms with Crippen molar-refractivity contribution in [3.63, 3.8) is 0 Å². The van der Waals surface area contributed by atoms with Crippen molar-refractivity contribution in [1.29, 1.82) is 0 Å². The summed E-state index contributed by atoms with van der Waals surface area (Å²) in [6.07, 6.45) is 7.39. The summed E-state index contributed by atoms with van der Waals surface area (Å²) >= 11 is 0. The van der Waals surface area contributed by atoms with Crippen molar-refractivity contribution in [3.05, 3.63) is 12.7 Å². The Morgan fingerprint density at radius 1 is 1.39 bits per heavy atom. The number of carboxylic acid groups (broad SMARTS) is 1. The predicted molar refractivity (Wildman–Crippen MR) is 68.0 cm³/mol. The van der Waals surface area contributed by atoms with E-state index in [-0.39, 0.29) is 17.7 Å². The van der Waals surface area contributed by atoms with Gasteiger partial charge in [0.1, 0.15) is 6.04 Å². The third-order valence-electron chi connectivity index (χ3n) is 4.21. The second kappa shape index (κ2) is 5.55. The van der Waals surface area contributed by atoms with E-state index >= 15 is 0 Å². The first-order chi connectivity index (χ1) is 8.63. The number of carbonyl (C=O) groups excluding carboxylic acids is 1. The summed E-state index contributed by atoms with van der Waals surface area (Å²) in [4.78, 5) is 25.0. The minimum Gasteiger partial charge on any atom is -0.480 e. The lowest BCUT2D eigenvalue weighted by Crippen LogP contribution is -2.47. The molecule has 0 aromatic heterocycles. The highest BCUT2D eigenvalue weighted by molar-refractivity contribution is 5.85. The van der Waals surface area contributed by atoms with Crippen LogP contribution in [0, 0.1) is 11.8 Å². The second-order valence-corrected chi connectivity index (χ2v) is 5.43. The molecule has 0 bridgehead atoms. The van der Waals surface area contributed by atoms with E-state index < -0.39 is 12.0 Å². The summed E-state index contributed by atoms with van der Waals surface area (Å²) < 4.78 is 0. The first-order valence-electron chi connectivity index (χ1n) is 6.78. The lowest BCUT2D eigenvalue weighted by atomic mass is 9.83. The fourth-order valence-corrected chi connectivity index (χ4v) is 3.23. The molecular formula is C14H21NO3. The summed E-state index contributed by atoms with van der Waals surface area (Å²) in [6, 6.07) is -0.622. The van der Waals surface area contributed by atoms with Crippen LogP contribution in [-0.4, -0.2) is 34.5 Å². The number of amides is 1. The predicted octanol–water partition coefficient (Wildman–Crippen LogP) is 2.05. The molecule has 18 heavy (non-hydrogen) atoms. The SMILES string of the molecule is C=CC1CC(=O)N([C@H](C(=O)O)C2CCCCC2)C1. The van der Waals surface area contributed by atoms with E-state index in [4.69, 9.17) is 0 Å². The molecule has 0 spiro atoms. The van der Waals surface area contributed by atoms with Crippen LogP contribution in [0.5, 0.6) is 0 Å². The first-order valence-corrected chi connectivity index (χ1v) is 6.78. The van der Waals surface area contributed by atoms with Gasteiger partial charge in [-0.3, -0.25) is 4.79 Å². The summed E-state index contributed by atoms with van der Waals surface area (Å²) in [5.74, 6) is -0.635. The molecule has 1 aliphatic heterocycles. The number of carbonyl (C=O) groups is 2. The topological polar surface area (TPSA) is 57.6 Å². The third-order valence-corrected chi connectivity index (χ3v) is 4.21. The molecule has 2 atom stereocenters. The Morgan fingerprint density at radius 2 is 2.06 bits per heavy atom. The van der Waals surface area contributed by atoms with E-state index in [9.17, 15) is 14.7 Å². The minimum atomic E-state index is -0.847. The summed E-state index contributed by atoms with van der Waals surface area (Å²) in [5.41, 5.74) is 0. The van der Waals surface area contributed by atoms with Crippen LogP contribution < -0.4 is 0 Å². The molecule has 1 amide bonds. The molecule has 0 aromatic rings. The van der Waals surface area contributed by atoms with Crippen LogP contribution >= 0.6 is 0 Å². The average molecular weight is 251 g/mol. The molecule has 100 valence electrons. The van der Waals surface area contributed by atoms with Gasteiger partial charge in [-0.2, -0.15) is 0 Å². The maximum atomic E-state index is 11.9. The van der Waals surface area contributed by atoms with Crippen LogP contribution in [0.1, 0.15) is 38.5 Å². The van der Waals surface area contributed by atoms with Crippen LogP contribution in [0.2, 0.25) is 0 Å². The quantitative estimate of drug-likeness (QED) is 0.778. The third kappa shape index (κ3) is 2.57. The highest BCUT2D eigenvalue weighted by atomic mass is 16.4. The molecular weight excluding hydrogens is 230 g/mol. The second-order valence-electron chi connectivity index (χ2n) is 5.43. The Kier molecular flexibility index (Phi) is 4.04. The summed E-state index contributed by atoms with van der Waals surface area (Å²) in [6.45, 7) is 4.23. The number of likely N-dealkylation sites (tertiary alicyclic amines) is 1. The van der Waals surface area contributed by atoms with Gasteiger partial charge in [-0.1, -0.05) is 25.3 Å². The van der Waals surface area contributed by atoms with Gasteiger partial charge in [0.05, 0.1) is 0 Å². The van der Waals surface area contributed by atoms with E-state index in [0.717, 1.165) is 25.7 Å². The van der Waals surface area contributed by atoms with Gasteiger partial charge in [-0.15, -0.1) is 6.58 Å². The van der Waals surface area contributed by atoms with Gasteiger partial charge in [-0.05, 0) is 18.8 Å². The number of nitrogens with zero attached hydrogens (tertiary/aromatic N) is 1. The van der Waals surface area contributed by atoms with E-state index in [1.807, 2.05) is 0 Å². The van der Waals surface area contributed by atoms with Gasteiger partial charge >= 0.3 is 5.97 Å². The van der Waals surface area contributed by atoms with Crippen molar-refractivity contribution >= 4 is 11.9 Å². The molecule has 2 aliphatic rings. The van der Waals surface area contributed by atoms with Gasteiger partial charge in [0.25, 0.3) is 0 Å². The van der Waals surface area contributed by atoms with Gasteiger partial charge in [0.15, 0.2) is 0 Å². The Labute approximate surface area is 108 Å². The summed E-state index contributed by atoms with van der Waals surface area (Å²) in [7, 11) is 0. The lowest BCUT2D eigenvalue weighted by molar-refractivity contribution is -0.151. The van der Waals surface area contributed by atoms with Crippen molar-refractivity contribution in [1.82, 2.24) is 4.90 Å². The zero-order chi connectivity index (χ0) is 13.1. The van der Waals surface area contributed by atoms with E-state index in [1.54, 1.807) is 11.0 Å². The zero-order valence-corrected chi connectivity index (χ0v) is 10.7. The Hall–Kier alpha value is -1.32. The maximum Gasteiger partial charge on any atom is 0.326 e. The number of hydrogen-bond donors (Lipinski definition) is 1. The van der Waals surface area contributed by atoms with Gasteiger partial charge in [0, 0.05) is 18.9 Å². The Bertz CT molecular complexity index is 347. The molecule has 4 nitrogen and oxygen atoms in total. The fourth-order valence-electron chi connectivity index (χ4n) is 3.23. The number of aliphatic carboxylic acids is 1. The molecule has 2 fully saturated rings. The molecule has 1 unspecified atom stereocenters. The van der Waals surface area contributed by atoms with Crippen LogP contribution in [0.15, 0.2) is 12.7 Å². The zero-order valence-electron chi connectivity index (χ0n) is 10.7. The van der Waals surface area contributed by atoms with Crippen LogP contribution in [0.3, 0.4) is 0 Å². The molecule has 1 saturated carbocycles. The van der Waals surface area contributed by atoms with E-state index in [1.165, 1.54) is 6.42 Å². The van der Waals surface area contributed by atoms with Crippen LogP contribution in [0.25, 0.3) is 0 Å². The standard InChI is InChI=1S/C14H21NO3/c1-2-10-8-12(16)15(9-10)13(14(17)18)11-6-4-3-5-7-11/h2,10-11,13H,1,3-9H2,(H,17,18)/t10?,13-/m0/s1. The first kappa shape index (κ1) is 13.1. The Morgan fingerprint density at radius 3 is 2.56 bits per heavy atom. The molecule has 1 N–H and O–H groups in total. The summed E-state index contributed by atoms with van der Waals surface area (Å²) in [5, 5.41) is 9.44. The normalized spacial score (nSPS) is 27.2. The monoisotopic (exact) mass is 251 g/mol. The van der Waals surface area contributed by atoms with Gasteiger partial charge in [-0.25, -0.2) is 4.79 Å². The van der Waals surface area contributed by atoms with E-state index in [2.05, 4.69) is 6.58 Å². The highest BCUT2D eigenvalue weighted by Gasteiger charge is 2.41. The molecule has 0 radical (unpaired) electrons. The molecule has 4 heteroatoms. The largest absolute Gasteiger partial charge is 0.480 e. The van der Waals surface area contributed by atoms with Crippen molar-refractivity contribution in [3.8, 4) is 0 Å². The Balaban J connectivity index is 2.12. The smallest absolute Gasteiger partial charge is 0.326 e. The molecule has 2 rings (SSSR count). The minimum absolute atomic E-state index is 0.0297. The number of hydrogen-bond acceptors (Lipinski definition) is 2. The molecule has 1 saturated heterocycles. The molecule has 1 aliphatic carbocycles. The average Bonchev–Trinajstić information content (AvgIpc) is 2.72. The fraction of sp³-hybridized carbons (Fsp3) is 0.714. The number of rotatable bonds is 4. The van der Waals surface area contributed by atoms with Crippen molar-refractivity contribution in [2.45, 2.75) is 44.6 Å². The van der Waals surface area contributed by atoms with Gasteiger partial charge < -0.3 is 10.0 Å². The number of carboxylic acids is 1. The van der Waals surface area contributed by atoms with Crippen molar-refractivity contribution in [2.24, 2.45) is 11.8 Å². The van der Waals surface area contributed by atoms with Crippen LogP contribution in [0.4, 0.5) is 0 Å². The lowest BCUT2D eigenvalue weighted by Gasteiger charge is -2.33. The molecule has 1 heterocycles. The highest BCUT2D eigenvalue weighted by Crippen LogP contribution is 2.32. The maximum absolute atomic E-state index is 11.9. The van der Waals surface area contributed by atoms with Gasteiger partial charge in [0.2, 0.25) is 5.91 Å². The molecule has 0 aromatic carbocycles. The van der Waals surface area contributed by atoms with Crippen LogP contribution in [-0.2, 0) is 9.59 Å².